The van der Waals surface area contributed by atoms with E-state index in [1.165, 1.54) is 0 Å². The van der Waals surface area contributed by atoms with Crippen LogP contribution in [0.25, 0.3) is 0 Å². The number of amides is 1. The van der Waals surface area contributed by atoms with Crippen molar-refractivity contribution in [3.8, 4) is 0 Å². The lowest BCUT2D eigenvalue weighted by molar-refractivity contribution is -0.145. The molecule has 2 aromatic carbocycles. The molecule has 4 heteroatoms. The molecule has 2 aromatic rings. The first-order valence-corrected chi connectivity index (χ1v) is 8.12. The molecule has 0 aliphatic heterocycles. The lowest BCUT2D eigenvalue weighted by Crippen LogP contribution is -2.14. The van der Waals surface area contributed by atoms with E-state index in [2.05, 4.69) is 5.32 Å². The maximum Gasteiger partial charge on any atom is 0.306 e. The summed E-state index contributed by atoms with van der Waals surface area (Å²) in [6.07, 6.45) is 1.02. The largest absolute Gasteiger partial charge is 0.461 e. The van der Waals surface area contributed by atoms with E-state index in [0.29, 0.717) is 12.8 Å². The molecule has 0 radical (unpaired) electrons. The minimum atomic E-state index is -0.279. The fourth-order valence-electron chi connectivity index (χ4n) is 2.42. The van der Waals surface area contributed by atoms with E-state index in [-0.39, 0.29) is 24.9 Å². The van der Waals surface area contributed by atoms with E-state index in [4.69, 9.17) is 4.74 Å². The lowest BCUT2D eigenvalue weighted by atomic mass is 10.1. The van der Waals surface area contributed by atoms with Crippen molar-refractivity contribution >= 4 is 17.6 Å². The average Bonchev–Trinajstić information content (AvgIpc) is 2.57. The summed E-state index contributed by atoms with van der Waals surface area (Å²) in [5.74, 6) is -0.359. The molecule has 1 N–H and O–H groups in total. The van der Waals surface area contributed by atoms with Gasteiger partial charge in [-0.25, -0.2) is 0 Å². The number of ether oxygens (including phenoxy) is 1. The Morgan fingerprint density at radius 1 is 0.917 bits per heavy atom. The van der Waals surface area contributed by atoms with Crippen LogP contribution in [0.4, 0.5) is 5.69 Å². The number of aryl methyl sites for hydroxylation is 2. The summed E-state index contributed by atoms with van der Waals surface area (Å²) in [5.41, 5.74) is 3.88. The van der Waals surface area contributed by atoms with Gasteiger partial charge in [-0.3, -0.25) is 9.59 Å². The summed E-state index contributed by atoms with van der Waals surface area (Å²) in [6, 6.07) is 15.4. The van der Waals surface area contributed by atoms with Crippen LogP contribution in [0.1, 0.15) is 36.0 Å². The molecule has 2 rings (SSSR count). The first kappa shape index (κ1) is 17.7. The Morgan fingerprint density at radius 2 is 1.58 bits per heavy atom. The van der Waals surface area contributed by atoms with Gasteiger partial charge >= 0.3 is 5.97 Å². The minimum absolute atomic E-state index is 0.0803. The van der Waals surface area contributed by atoms with Gasteiger partial charge in [0.2, 0.25) is 5.91 Å². The lowest BCUT2D eigenvalue weighted by Gasteiger charge is -2.11. The zero-order valence-electron chi connectivity index (χ0n) is 14.2. The highest BCUT2D eigenvalue weighted by Gasteiger charge is 2.09. The molecule has 1 amide bonds. The van der Waals surface area contributed by atoms with Gasteiger partial charge < -0.3 is 10.1 Å². The monoisotopic (exact) mass is 325 g/mol. The van der Waals surface area contributed by atoms with Crippen LogP contribution in [0.15, 0.2) is 48.5 Å². The van der Waals surface area contributed by atoms with Gasteiger partial charge in [-0.05, 0) is 37.0 Å². The number of benzene rings is 2. The number of carbonyl (C=O) groups excluding carboxylic acids is 2. The number of rotatable bonds is 7. The first-order chi connectivity index (χ1) is 11.6. The quantitative estimate of drug-likeness (QED) is 0.778. The van der Waals surface area contributed by atoms with Gasteiger partial charge in [0.25, 0.3) is 0 Å². The second-order valence-electron chi connectivity index (χ2n) is 5.81. The van der Waals surface area contributed by atoms with E-state index in [1.807, 2.05) is 62.4 Å². The fourth-order valence-corrected chi connectivity index (χ4v) is 2.42. The Morgan fingerprint density at radius 3 is 2.25 bits per heavy atom. The summed E-state index contributed by atoms with van der Waals surface area (Å²) >= 11 is 0. The first-order valence-electron chi connectivity index (χ1n) is 8.12. The zero-order chi connectivity index (χ0) is 17.4. The Hall–Kier alpha value is -2.62. The molecule has 0 fully saturated rings. The van der Waals surface area contributed by atoms with Crippen molar-refractivity contribution in [3.63, 3.8) is 0 Å². The maximum atomic E-state index is 12.0. The molecule has 0 saturated heterocycles. The molecule has 0 spiro atoms. The molecular weight excluding hydrogens is 302 g/mol. The number of hydrogen-bond donors (Lipinski definition) is 1. The molecule has 0 aromatic heterocycles. The molecule has 0 aliphatic carbocycles. The third-order valence-corrected chi connectivity index (χ3v) is 3.77. The van der Waals surface area contributed by atoms with Gasteiger partial charge in [-0.2, -0.15) is 0 Å². The topological polar surface area (TPSA) is 55.4 Å². The molecule has 0 unspecified atom stereocenters. The molecule has 4 nitrogen and oxygen atoms in total. The van der Waals surface area contributed by atoms with Crippen LogP contribution >= 0.6 is 0 Å². The van der Waals surface area contributed by atoms with Gasteiger partial charge in [0, 0.05) is 18.5 Å². The third-order valence-electron chi connectivity index (χ3n) is 3.77. The normalized spacial score (nSPS) is 10.2. The standard InChI is InChI=1S/C20H23NO3/c1-15-8-6-9-16(2)20(15)21-18(22)12-7-13-19(23)24-14-17-10-4-3-5-11-17/h3-6,8-11H,7,12-14H2,1-2H3,(H,21,22). The van der Waals surface area contributed by atoms with E-state index >= 15 is 0 Å². The molecule has 0 saturated carbocycles. The predicted molar refractivity (Wildman–Crippen MR) is 94.6 cm³/mol. The second kappa shape index (κ2) is 8.87. The van der Waals surface area contributed by atoms with Crippen LogP contribution in [0.5, 0.6) is 0 Å². The van der Waals surface area contributed by atoms with Crippen LogP contribution in [0.3, 0.4) is 0 Å². The number of carbonyl (C=O) groups is 2. The predicted octanol–water partition coefficient (Wildman–Crippen LogP) is 4.16. The van der Waals surface area contributed by atoms with Gasteiger partial charge in [0.15, 0.2) is 0 Å². The van der Waals surface area contributed by atoms with E-state index < -0.39 is 0 Å². The second-order valence-corrected chi connectivity index (χ2v) is 5.81. The van der Waals surface area contributed by atoms with Crippen LogP contribution in [0, 0.1) is 13.8 Å². The van der Waals surface area contributed by atoms with Crippen molar-refractivity contribution in [1.82, 2.24) is 0 Å². The van der Waals surface area contributed by atoms with Crippen molar-refractivity contribution < 1.29 is 14.3 Å². The summed E-state index contributed by atoms with van der Waals surface area (Å²) < 4.78 is 5.20. The highest BCUT2D eigenvalue weighted by molar-refractivity contribution is 5.92. The van der Waals surface area contributed by atoms with Gasteiger partial charge in [0.1, 0.15) is 6.61 Å². The Bertz CT molecular complexity index is 675. The number of nitrogens with one attached hydrogen (secondary N) is 1. The molecule has 126 valence electrons. The zero-order valence-corrected chi connectivity index (χ0v) is 14.2. The third kappa shape index (κ3) is 5.54. The molecular formula is C20H23NO3. The number of hydrogen-bond acceptors (Lipinski definition) is 3. The molecule has 0 bridgehead atoms. The molecule has 24 heavy (non-hydrogen) atoms. The fraction of sp³-hybridized carbons (Fsp3) is 0.300. The van der Waals surface area contributed by atoms with Crippen LogP contribution < -0.4 is 5.32 Å². The Balaban J connectivity index is 1.69. The SMILES string of the molecule is Cc1cccc(C)c1NC(=O)CCCC(=O)OCc1ccccc1. The average molecular weight is 325 g/mol. The summed E-state index contributed by atoms with van der Waals surface area (Å²) in [7, 11) is 0. The smallest absolute Gasteiger partial charge is 0.306 e. The van der Waals surface area contributed by atoms with Crippen molar-refractivity contribution in [2.45, 2.75) is 39.7 Å². The van der Waals surface area contributed by atoms with Crippen molar-refractivity contribution in [2.24, 2.45) is 0 Å². The highest BCUT2D eigenvalue weighted by atomic mass is 16.5. The van der Waals surface area contributed by atoms with Crippen LogP contribution in [-0.4, -0.2) is 11.9 Å². The maximum absolute atomic E-state index is 12.0. The van der Waals surface area contributed by atoms with E-state index in [1.54, 1.807) is 0 Å². The Kier molecular flexibility index (Phi) is 6.55. The van der Waals surface area contributed by atoms with Gasteiger partial charge in [-0.15, -0.1) is 0 Å². The van der Waals surface area contributed by atoms with E-state index in [0.717, 1.165) is 22.4 Å². The van der Waals surface area contributed by atoms with Crippen molar-refractivity contribution in [3.05, 3.63) is 65.2 Å². The number of para-hydroxylation sites is 1. The van der Waals surface area contributed by atoms with Crippen LogP contribution in [-0.2, 0) is 20.9 Å². The summed E-state index contributed by atoms with van der Waals surface area (Å²) in [4.78, 5) is 23.7. The molecule has 0 atom stereocenters. The molecule has 0 aliphatic rings. The number of anilines is 1. The van der Waals surface area contributed by atoms with Crippen molar-refractivity contribution in [1.29, 1.82) is 0 Å². The van der Waals surface area contributed by atoms with Gasteiger partial charge in [0.05, 0.1) is 0 Å². The minimum Gasteiger partial charge on any atom is -0.461 e. The number of esters is 1. The van der Waals surface area contributed by atoms with E-state index in [9.17, 15) is 9.59 Å². The Labute approximate surface area is 142 Å². The van der Waals surface area contributed by atoms with Gasteiger partial charge in [-0.1, -0.05) is 48.5 Å². The highest BCUT2D eigenvalue weighted by Crippen LogP contribution is 2.19. The summed E-state index contributed by atoms with van der Waals surface area (Å²) in [6.45, 7) is 4.20. The molecule has 0 heterocycles. The van der Waals surface area contributed by atoms with Crippen LogP contribution in [0.2, 0.25) is 0 Å². The summed E-state index contributed by atoms with van der Waals surface area (Å²) in [5, 5.41) is 2.92. The van der Waals surface area contributed by atoms with Crippen molar-refractivity contribution in [2.75, 3.05) is 5.32 Å².